The Hall–Kier alpha value is -4.12. The molecule has 5 aromatic rings. The molecule has 0 spiro atoms. The standard InChI is InChI=1S/C25H19N5/c1-17-12-13-23-21(15-17)24(18-7-3-2-4-8-18)29-25(28-23)30-27-16-19-9-5-11-22-20(19)10-6-14-26-22/h2-16H,1H3,(H,28,29,30). The van der Waals surface area contributed by atoms with Gasteiger partial charge in [0.2, 0.25) is 5.95 Å². The number of hydrogen-bond acceptors (Lipinski definition) is 5. The largest absolute Gasteiger partial charge is 0.256 e. The molecule has 5 nitrogen and oxygen atoms in total. The third-order valence-electron chi connectivity index (χ3n) is 4.95. The van der Waals surface area contributed by atoms with Crippen molar-refractivity contribution in [1.29, 1.82) is 0 Å². The third-order valence-corrected chi connectivity index (χ3v) is 4.95. The molecular weight excluding hydrogens is 370 g/mol. The Kier molecular flexibility index (Phi) is 4.62. The molecule has 0 saturated heterocycles. The Bertz CT molecular complexity index is 1370. The molecule has 0 aliphatic heterocycles. The monoisotopic (exact) mass is 389 g/mol. The minimum absolute atomic E-state index is 0.458. The Balaban J connectivity index is 1.53. The summed E-state index contributed by atoms with van der Waals surface area (Å²) < 4.78 is 0. The van der Waals surface area contributed by atoms with Crippen LogP contribution in [-0.2, 0) is 0 Å². The first-order valence-electron chi connectivity index (χ1n) is 9.74. The van der Waals surface area contributed by atoms with Gasteiger partial charge < -0.3 is 0 Å². The Labute approximate surface area is 174 Å². The molecule has 0 unspecified atom stereocenters. The smallest absolute Gasteiger partial charge is 0.244 e. The molecule has 0 aliphatic carbocycles. The van der Waals surface area contributed by atoms with Gasteiger partial charge in [-0.2, -0.15) is 5.10 Å². The van der Waals surface area contributed by atoms with Crippen LogP contribution in [0.2, 0.25) is 0 Å². The summed E-state index contributed by atoms with van der Waals surface area (Å²) in [7, 11) is 0. The van der Waals surface area contributed by atoms with Crippen LogP contribution < -0.4 is 5.43 Å². The van der Waals surface area contributed by atoms with Gasteiger partial charge in [-0.05, 0) is 31.2 Å². The van der Waals surface area contributed by atoms with E-state index in [0.717, 1.165) is 38.6 Å². The molecule has 0 saturated carbocycles. The molecular formula is C25H19N5. The lowest BCUT2D eigenvalue weighted by molar-refractivity contribution is 1.15. The van der Waals surface area contributed by atoms with Gasteiger partial charge in [-0.15, -0.1) is 0 Å². The maximum absolute atomic E-state index is 4.76. The third kappa shape index (κ3) is 3.49. The van der Waals surface area contributed by atoms with E-state index in [2.05, 4.69) is 51.7 Å². The molecule has 144 valence electrons. The molecule has 1 N–H and O–H groups in total. The predicted molar refractivity (Wildman–Crippen MR) is 123 cm³/mol. The van der Waals surface area contributed by atoms with Gasteiger partial charge >= 0.3 is 0 Å². The summed E-state index contributed by atoms with van der Waals surface area (Å²) >= 11 is 0. The highest BCUT2D eigenvalue weighted by Gasteiger charge is 2.10. The van der Waals surface area contributed by atoms with Crippen molar-refractivity contribution in [1.82, 2.24) is 15.0 Å². The highest BCUT2D eigenvalue weighted by molar-refractivity contribution is 5.98. The molecule has 0 radical (unpaired) electrons. The molecule has 0 amide bonds. The van der Waals surface area contributed by atoms with Crippen LogP contribution in [0.25, 0.3) is 33.1 Å². The minimum Gasteiger partial charge on any atom is -0.256 e. The normalized spacial score (nSPS) is 11.4. The molecule has 5 heteroatoms. The second kappa shape index (κ2) is 7.72. The van der Waals surface area contributed by atoms with Crippen molar-refractivity contribution >= 4 is 34.0 Å². The van der Waals surface area contributed by atoms with E-state index < -0.39 is 0 Å². The number of hydrogen-bond donors (Lipinski definition) is 1. The number of nitrogens with zero attached hydrogens (tertiary/aromatic N) is 4. The number of hydrazone groups is 1. The van der Waals surface area contributed by atoms with E-state index in [9.17, 15) is 0 Å². The van der Waals surface area contributed by atoms with Gasteiger partial charge in [-0.3, -0.25) is 4.98 Å². The zero-order valence-electron chi connectivity index (χ0n) is 16.4. The van der Waals surface area contributed by atoms with E-state index in [0.29, 0.717) is 5.95 Å². The maximum atomic E-state index is 4.76. The van der Waals surface area contributed by atoms with Crippen LogP contribution in [0.3, 0.4) is 0 Å². The van der Waals surface area contributed by atoms with E-state index >= 15 is 0 Å². The summed E-state index contributed by atoms with van der Waals surface area (Å²) in [5.74, 6) is 0.458. The van der Waals surface area contributed by atoms with Crippen LogP contribution in [0, 0.1) is 6.92 Å². The Morgan fingerprint density at radius 1 is 0.800 bits per heavy atom. The molecule has 5 rings (SSSR count). The van der Waals surface area contributed by atoms with E-state index in [1.165, 1.54) is 5.56 Å². The van der Waals surface area contributed by atoms with Gasteiger partial charge in [0.05, 0.1) is 22.9 Å². The van der Waals surface area contributed by atoms with Crippen LogP contribution in [-0.4, -0.2) is 21.2 Å². The van der Waals surface area contributed by atoms with Crippen LogP contribution in [0.15, 0.2) is 90.2 Å². The first kappa shape index (κ1) is 17.9. The lowest BCUT2D eigenvalue weighted by atomic mass is 10.0. The molecule has 2 aromatic heterocycles. The Morgan fingerprint density at radius 2 is 1.70 bits per heavy atom. The summed E-state index contributed by atoms with van der Waals surface area (Å²) in [5, 5.41) is 6.46. The summed E-state index contributed by atoms with van der Waals surface area (Å²) in [6.07, 6.45) is 3.56. The molecule has 3 aromatic carbocycles. The van der Waals surface area contributed by atoms with Crippen molar-refractivity contribution in [2.45, 2.75) is 6.92 Å². The van der Waals surface area contributed by atoms with E-state index in [4.69, 9.17) is 4.98 Å². The van der Waals surface area contributed by atoms with Gasteiger partial charge in [-0.25, -0.2) is 15.4 Å². The number of fused-ring (bicyclic) bond motifs is 2. The average molecular weight is 389 g/mol. The SMILES string of the molecule is Cc1ccc2nc(NN=Cc3cccc4ncccc34)nc(-c3ccccc3)c2c1. The van der Waals surface area contributed by atoms with Crippen molar-refractivity contribution in [3.05, 3.63) is 96.2 Å². The number of aromatic nitrogens is 3. The molecule has 2 heterocycles. The van der Waals surface area contributed by atoms with Crippen LogP contribution in [0.1, 0.15) is 11.1 Å². The number of benzene rings is 3. The summed E-state index contributed by atoms with van der Waals surface area (Å²) in [5.41, 5.74) is 8.90. The van der Waals surface area contributed by atoms with Crippen molar-refractivity contribution in [2.24, 2.45) is 5.10 Å². The fourth-order valence-electron chi connectivity index (χ4n) is 3.51. The number of rotatable bonds is 4. The van der Waals surface area contributed by atoms with E-state index in [1.54, 1.807) is 12.4 Å². The van der Waals surface area contributed by atoms with Crippen molar-refractivity contribution in [3.8, 4) is 11.3 Å². The van der Waals surface area contributed by atoms with Gasteiger partial charge in [-0.1, -0.05) is 60.2 Å². The number of nitrogens with one attached hydrogen (secondary N) is 1. The predicted octanol–water partition coefficient (Wildman–Crippen LogP) is 5.60. The Morgan fingerprint density at radius 3 is 2.60 bits per heavy atom. The number of anilines is 1. The molecule has 30 heavy (non-hydrogen) atoms. The first-order chi connectivity index (χ1) is 14.8. The second-order valence-corrected chi connectivity index (χ2v) is 7.07. The van der Waals surface area contributed by atoms with Crippen LogP contribution in [0.5, 0.6) is 0 Å². The summed E-state index contributed by atoms with van der Waals surface area (Å²) in [6, 6.07) is 26.3. The minimum atomic E-state index is 0.458. The molecule has 0 aliphatic rings. The molecule has 0 fully saturated rings. The van der Waals surface area contributed by atoms with Crippen molar-refractivity contribution in [2.75, 3.05) is 5.43 Å². The summed E-state index contributed by atoms with van der Waals surface area (Å²) in [4.78, 5) is 13.8. The fourth-order valence-corrected chi connectivity index (χ4v) is 3.51. The first-order valence-corrected chi connectivity index (χ1v) is 9.74. The highest BCUT2D eigenvalue weighted by atomic mass is 15.3. The van der Waals surface area contributed by atoms with Crippen LogP contribution >= 0.6 is 0 Å². The average Bonchev–Trinajstić information content (AvgIpc) is 2.79. The quantitative estimate of drug-likeness (QED) is 0.321. The number of pyridine rings is 1. The number of aryl methyl sites for hydroxylation is 1. The zero-order valence-corrected chi connectivity index (χ0v) is 16.4. The van der Waals surface area contributed by atoms with Gasteiger partial charge in [0.25, 0.3) is 0 Å². The van der Waals surface area contributed by atoms with E-state index in [1.807, 2.05) is 54.6 Å². The highest BCUT2D eigenvalue weighted by Crippen LogP contribution is 2.28. The van der Waals surface area contributed by atoms with Crippen LogP contribution in [0.4, 0.5) is 5.95 Å². The molecule has 0 atom stereocenters. The fraction of sp³-hybridized carbons (Fsp3) is 0.0400. The lowest BCUT2D eigenvalue weighted by Crippen LogP contribution is -2.00. The molecule has 0 bridgehead atoms. The summed E-state index contributed by atoms with van der Waals surface area (Å²) in [6.45, 7) is 2.07. The van der Waals surface area contributed by atoms with Gasteiger partial charge in [0.1, 0.15) is 0 Å². The zero-order chi connectivity index (χ0) is 20.3. The van der Waals surface area contributed by atoms with Gasteiger partial charge in [0, 0.05) is 28.1 Å². The van der Waals surface area contributed by atoms with Crippen molar-refractivity contribution in [3.63, 3.8) is 0 Å². The van der Waals surface area contributed by atoms with E-state index in [-0.39, 0.29) is 0 Å². The topological polar surface area (TPSA) is 63.1 Å². The lowest BCUT2D eigenvalue weighted by Gasteiger charge is -2.09. The van der Waals surface area contributed by atoms with Crippen molar-refractivity contribution < 1.29 is 0 Å². The van der Waals surface area contributed by atoms with Gasteiger partial charge in [0.15, 0.2) is 0 Å². The maximum Gasteiger partial charge on any atom is 0.244 e. The second-order valence-electron chi connectivity index (χ2n) is 7.07.